The van der Waals surface area contributed by atoms with E-state index in [1.807, 2.05) is 17.7 Å². The second-order valence-corrected chi connectivity index (χ2v) is 8.24. The highest BCUT2D eigenvalue weighted by Gasteiger charge is 2.21. The molecule has 2 heterocycles. The molecule has 0 aliphatic carbocycles. The highest BCUT2D eigenvalue weighted by atomic mass is 79.9. The number of thiophene rings is 1. The number of hydrogen-bond donors (Lipinski definition) is 1. The molecule has 21 heavy (non-hydrogen) atoms. The minimum Gasteiger partial charge on any atom is -0.387 e. The summed E-state index contributed by atoms with van der Waals surface area (Å²) < 4.78 is 2.97. The second kappa shape index (κ2) is 6.23. The molecule has 1 N–H and O–H groups in total. The van der Waals surface area contributed by atoms with E-state index in [0.717, 1.165) is 27.3 Å². The summed E-state index contributed by atoms with van der Waals surface area (Å²) in [5.74, 6) is 0. The summed E-state index contributed by atoms with van der Waals surface area (Å²) in [6.45, 7) is 11.4. The third-order valence-corrected chi connectivity index (χ3v) is 6.18. The number of aliphatic hydroxyl groups is 1. The summed E-state index contributed by atoms with van der Waals surface area (Å²) in [5, 5.41) is 15.0. The van der Waals surface area contributed by atoms with E-state index in [1.165, 1.54) is 4.88 Å². The molecule has 2 aromatic heterocycles. The molecule has 0 spiro atoms. The minimum atomic E-state index is -0.483. The quantitative estimate of drug-likeness (QED) is 0.852. The van der Waals surface area contributed by atoms with E-state index in [2.05, 4.69) is 54.8 Å². The summed E-state index contributed by atoms with van der Waals surface area (Å²) in [5.41, 5.74) is 2.17. The Hall–Kier alpha value is -0.650. The molecule has 0 bridgehead atoms. The van der Waals surface area contributed by atoms with E-state index < -0.39 is 6.10 Å². The molecule has 0 aliphatic heterocycles. The van der Waals surface area contributed by atoms with Crippen molar-refractivity contribution in [2.24, 2.45) is 0 Å². The molecule has 116 valence electrons. The highest BCUT2D eigenvalue weighted by Crippen LogP contribution is 2.34. The zero-order valence-electron chi connectivity index (χ0n) is 13.3. The lowest BCUT2D eigenvalue weighted by Gasteiger charge is -2.16. The average molecular weight is 371 g/mol. The third-order valence-electron chi connectivity index (χ3n) is 3.53. The average Bonchev–Trinajstić information content (AvgIpc) is 2.98. The largest absolute Gasteiger partial charge is 0.387 e. The standard InChI is InChI=1S/C16H23BrN2OS/c1-6-19-11(15(17)10(2)18-19)9-12(20)13-7-8-14(21-13)16(3,4)5/h7-8,12,20H,6,9H2,1-5H3. The number of halogens is 1. The van der Waals surface area contributed by atoms with Gasteiger partial charge in [0.25, 0.3) is 0 Å². The fourth-order valence-electron chi connectivity index (χ4n) is 2.28. The summed E-state index contributed by atoms with van der Waals surface area (Å²) in [6.07, 6.45) is 0.100. The van der Waals surface area contributed by atoms with Crippen molar-refractivity contribution in [1.82, 2.24) is 9.78 Å². The summed E-state index contributed by atoms with van der Waals surface area (Å²) in [4.78, 5) is 2.32. The Morgan fingerprint density at radius 3 is 2.57 bits per heavy atom. The number of aryl methyl sites for hydroxylation is 2. The van der Waals surface area contributed by atoms with Crippen molar-refractivity contribution in [2.75, 3.05) is 0 Å². The monoisotopic (exact) mass is 370 g/mol. The lowest BCUT2D eigenvalue weighted by atomic mass is 9.95. The van der Waals surface area contributed by atoms with E-state index in [-0.39, 0.29) is 5.41 Å². The van der Waals surface area contributed by atoms with Crippen molar-refractivity contribution in [1.29, 1.82) is 0 Å². The Labute approximate surface area is 139 Å². The molecule has 0 radical (unpaired) electrons. The molecule has 5 heteroatoms. The summed E-state index contributed by atoms with van der Waals surface area (Å²) >= 11 is 5.29. The van der Waals surface area contributed by atoms with Gasteiger partial charge in [-0.3, -0.25) is 4.68 Å². The molecule has 2 rings (SSSR count). The van der Waals surface area contributed by atoms with Crippen LogP contribution in [-0.2, 0) is 18.4 Å². The first-order chi connectivity index (χ1) is 9.74. The fraction of sp³-hybridized carbons (Fsp3) is 0.562. The van der Waals surface area contributed by atoms with Gasteiger partial charge in [0.15, 0.2) is 0 Å². The molecule has 1 atom stereocenters. The Morgan fingerprint density at radius 1 is 1.38 bits per heavy atom. The summed E-state index contributed by atoms with van der Waals surface area (Å²) in [6, 6.07) is 4.17. The topological polar surface area (TPSA) is 38.0 Å². The number of hydrogen-bond acceptors (Lipinski definition) is 3. The van der Waals surface area contributed by atoms with Gasteiger partial charge in [0, 0.05) is 22.7 Å². The van der Waals surface area contributed by atoms with Crippen LogP contribution in [0.4, 0.5) is 0 Å². The van der Waals surface area contributed by atoms with Gasteiger partial charge in [0.1, 0.15) is 0 Å². The van der Waals surface area contributed by atoms with Gasteiger partial charge < -0.3 is 5.11 Å². The Kier molecular flexibility index (Phi) is 4.96. The predicted octanol–water partition coefficient (Wildman–Crippen LogP) is 4.61. The van der Waals surface area contributed by atoms with Crippen molar-refractivity contribution in [3.05, 3.63) is 37.7 Å². The van der Waals surface area contributed by atoms with Crippen molar-refractivity contribution >= 4 is 27.3 Å². The van der Waals surface area contributed by atoms with Gasteiger partial charge >= 0.3 is 0 Å². The van der Waals surface area contributed by atoms with Gasteiger partial charge in [-0.05, 0) is 47.3 Å². The van der Waals surface area contributed by atoms with Crippen molar-refractivity contribution < 1.29 is 5.11 Å². The van der Waals surface area contributed by atoms with Gasteiger partial charge in [0.2, 0.25) is 0 Å². The van der Waals surface area contributed by atoms with Gasteiger partial charge in [0.05, 0.1) is 22.0 Å². The van der Waals surface area contributed by atoms with Gasteiger partial charge in [-0.1, -0.05) is 20.8 Å². The Morgan fingerprint density at radius 2 is 2.05 bits per heavy atom. The zero-order chi connectivity index (χ0) is 15.8. The number of nitrogens with zero attached hydrogens (tertiary/aromatic N) is 2. The maximum absolute atomic E-state index is 10.6. The van der Waals surface area contributed by atoms with Crippen LogP contribution in [0.5, 0.6) is 0 Å². The number of aromatic nitrogens is 2. The third kappa shape index (κ3) is 3.58. The SMILES string of the molecule is CCn1nc(C)c(Br)c1CC(O)c1ccc(C(C)(C)C)s1. The molecule has 3 nitrogen and oxygen atoms in total. The van der Waals surface area contributed by atoms with E-state index in [1.54, 1.807) is 11.3 Å². The number of rotatable bonds is 4. The molecule has 0 amide bonds. The van der Waals surface area contributed by atoms with Crippen LogP contribution in [0, 0.1) is 6.92 Å². The predicted molar refractivity (Wildman–Crippen MR) is 92.0 cm³/mol. The first-order valence-electron chi connectivity index (χ1n) is 7.24. The molecular weight excluding hydrogens is 348 g/mol. The molecular formula is C16H23BrN2OS. The molecule has 1 unspecified atom stereocenters. The lowest BCUT2D eigenvalue weighted by molar-refractivity contribution is 0.179. The highest BCUT2D eigenvalue weighted by molar-refractivity contribution is 9.10. The van der Waals surface area contributed by atoms with Crippen LogP contribution in [0.2, 0.25) is 0 Å². The molecule has 0 aliphatic rings. The van der Waals surface area contributed by atoms with Crippen molar-refractivity contribution in [3.63, 3.8) is 0 Å². The van der Waals surface area contributed by atoms with Crippen LogP contribution in [0.1, 0.15) is 54.9 Å². The maximum atomic E-state index is 10.6. The lowest BCUT2D eigenvalue weighted by Crippen LogP contribution is -2.09. The number of aliphatic hydroxyl groups excluding tert-OH is 1. The molecule has 0 fully saturated rings. The van der Waals surface area contributed by atoms with Crippen molar-refractivity contribution in [2.45, 2.75) is 59.1 Å². The second-order valence-electron chi connectivity index (χ2n) is 6.33. The van der Waals surface area contributed by atoms with E-state index in [9.17, 15) is 5.11 Å². The van der Waals surface area contributed by atoms with Crippen LogP contribution < -0.4 is 0 Å². The van der Waals surface area contributed by atoms with Crippen LogP contribution >= 0.6 is 27.3 Å². The Balaban J connectivity index is 2.22. The van der Waals surface area contributed by atoms with Crippen LogP contribution in [0.15, 0.2) is 16.6 Å². The van der Waals surface area contributed by atoms with Gasteiger partial charge in [-0.25, -0.2) is 0 Å². The van der Waals surface area contributed by atoms with Crippen LogP contribution in [0.3, 0.4) is 0 Å². The minimum absolute atomic E-state index is 0.130. The molecule has 2 aromatic rings. The Bertz CT molecular complexity index is 625. The van der Waals surface area contributed by atoms with E-state index in [4.69, 9.17) is 0 Å². The zero-order valence-corrected chi connectivity index (χ0v) is 15.7. The fourth-order valence-corrected chi connectivity index (χ4v) is 3.78. The molecule has 0 aromatic carbocycles. The van der Waals surface area contributed by atoms with Crippen molar-refractivity contribution in [3.8, 4) is 0 Å². The normalized spacial score (nSPS) is 13.7. The van der Waals surface area contributed by atoms with Gasteiger partial charge in [-0.15, -0.1) is 11.3 Å². The smallest absolute Gasteiger partial charge is 0.0937 e. The van der Waals surface area contributed by atoms with E-state index in [0.29, 0.717) is 6.42 Å². The van der Waals surface area contributed by atoms with E-state index >= 15 is 0 Å². The van der Waals surface area contributed by atoms with Crippen LogP contribution in [-0.4, -0.2) is 14.9 Å². The first-order valence-corrected chi connectivity index (χ1v) is 8.85. The maximum Gasteiger partial charge on any atom is 0.0937 e. The molecule has 0 saturated heterocycles. The summed E-state index contributed by atoms with van der Waals surface area (Å²) in [7, 11) is 0. The van der Waals surface area contributed by atoms with Gasteiger partial charge in [-0.2, -0.15) is 5.10 Å². The van der Waals surface area contributed by atoms with Crippen LogP contribution in [0.25, 0.3) is 0 Å². The first kappa shape index (κ1) is 16.7. The molecule has 0 saturated carbocycles.